The zero-order chi connectivity index (χ0) is 13.6. The van der Waals surface area contributed by atoms with E-state index in [4.69, 9.17) is 11.6 Å². The first-order valence-corrected chi connectivity index (χ1v) is 6.85. The van der Waals surface area contributed by atoms with Crippen LogP contribution in [0.2, 0.25) is 5.02 Å². The lowest BCUT2D eigenvalue weighted by molar-refractivity contribution is -0.133. The van der Waals surface area contributed by atoms with Gasteiger partial charge in [-0.25, -0.2) is 0 Å². The summed E-state index contributed by atoms with van der Waals surface area (Å²) in [6, 6.07) is 6.17. The summed E-state index contributed by atoms with van der Waals surface area (Å²) < 4.78 is 0. The molecule has 1 saturated carbocycles. The monoisotopic (exact) mass is 278 g/mol. The fourth-order valence-corrected chi connectivity index (χ4v) is 2.62. The van der Waals surface area contributed by atoms with E-state index >= 15 is 0 Å². The van der Waals surface area contributed by atoms with Gasteiger partial charge < -0.3 is 5.32 Å². The van der Waals surface area contributed by atoms with Crippen molar-refractivity contribution in [2.24, 2.45) is 5.92 Å². The molecule has 0 spiro atoms. The molecule has 1 aromatic rings. The fraction of sp³-hybridized carbons (Fsp3) is 0.429. The van der Waals surface area contributed by atoms with Crippen molar-refractivity contribution in [2.45, 2.75) is 31.8 Å². The van der Waals surface area contributed by atoms with Crippen LogP contribution in [0.3, 0.4) is 0 Å². The van der Waals surface area contributed by atoms with Crippen LogP contribution in [0.4, 0.5) is 5.69 Å². The number of nitrogens with zero attached hydrogens (tertiary/aromatic N) is 1. The second-order valence-electron chi connectivity index (χ2n) is 5.18. The van der Waals surface area contributed by atoms with Gasteiger partial charge in [-0.3, -0.25) is 14.5 Å². The lowest BCUT2D eigenvalue weighted by atomic mass is 10.0. The number of carbonyl (C=O) groups excluding carboxylic acids is 2. The molecule has 3 rings (SSSR count). The molecule has 1 saturated heterocycles. The summed E-state index contributed by atoms with van der Waals surface area (Å²) in [6.07, 6.45) is 2.03. The lowest BCUT2D eigenvalue weighted by Crippen LogP contribution is -2.63. The van der Waals surface area contributed by atoms with E-state index < -0.39 is 6.04 Å². The van der Waals surface area contributed by atoms with Gasteiger partial charge in [0.05, 0.1) is 0 Å². The largest absolute Gasteiger partial charge is 0.342 e. The molecule has 1 aliphatic carbocycles. The number of amides is 2. The molecular weight excluding hydrogens is 264 g/mol. The summed E-state index contributed by atoms with van der Waals surface area (Å²) in [7, 11) is 0. The van der Waals surface area contributed by atoms with E-state index in [0.29, 0.717) is 10.9 Å². The number of rotatable bonds is 2. The van der Waals surface area contributed by atoms with E-state index in [1.807, 2.05) is 0 Å². The molecular formula is C14H15ClN2O2. The predicted octanol–water partition coefficient (Wildman–Crippen LogP) is 1.97. The first-order valence-electron chi connectivity index (χ1n) is 6.47. The molecule has 0 bridgehead atoms. The Labute approximate surface area is 116 Å². The van der Waals surface area contributed by atoms with Gasteiger partial charge in [0, 0.05) is 10.7 Å². The zero-order valence-corrected chi connectivity index (χ0v) is 11.4. The molecule has 0 radical (unpaired) electrons. The molecule has 19 heavy (non-hydrogen) atoms. The summed E-state index contributed by atoms with van der Waals surface area (Å²) in [5, 5.41) is 3.45. The van der Waals surface area contributed by atoms with Crippen LogP contribution in [-0.4, -0.2) is 23.9 Å². The minimum atomic E-state index is -0.483. The number of hydrogen-bond donors (Lipinski definition) is 1. The lowest BCUT2D eigenvalue weighted by Gasteiger charge is -2.37. The Morgan fingerprint density at radius 3 is 2.42 bits per heavy atom. The van der Waals surface area contributed by atoms with Crippen molar-refractivity contribution < 1.29 is 9.59 Å². The molecule has 2 fully saturated rings. The minimum Gasteiger partial charge on any atom is -0.342 e. The summed E-state index contributed by atoms with van der Waals surface area (Å²) in [4.78, 5) is 26.1. The van der Waals surface area contributed by atoms with Crippen molar-refractivity contribution in [1.29, 1.82) is 0 Å². The van der Waals surface area contributed by atoms with Gasteiger partial charge in [-0.15, -0.1) is 0 Å². The normalized spacial score (nSPS) is 27.4. The van der Waals surface area contributed by atoms with Gasteiger partial charge in [-0.1, -0.05) is 11.6 Å². The number of hydrogen-bond acceptors (Lipinski definition) is 2. The second-order valence-corrected chi connectivity index (χ2v) is 5.62. The van der Waals surface area contributed by atoms with E-state index in [1.54, 1.807) is 36.1 Å². The van der Waals surface area contributed by atoms with Crippen molar-refractivity contribution in [1.82, 2.24) is 5.32 Å². The highest BCUT2D eigenvalue weighted by atomic mass is 35.5. The van der Waals surface area contributed by atoms with Crippen LogP contribution >= 0.6 is 11.6 Å². The first-order chi connectivity index (χ1) is 9.08. The SMILES string of the molecule is CC1C(=O)NC(C2CC2)C(=O)N1c1ccc(Cl)cc1. The average molecular weight is 279 g/mol. The Bertz CT molecular complexity index is 525. The second kappa shape index (κ2) is 4.53. The molecule has 0 aromatic heterocycles. The van der Waals surface area contributed by atoms with Gasteiger partial charge in [-0.2, -0.15) is 0 Å². The highest BCUT2D eigenvalue weighted by Gasteiger charge is 2.45. The van der Waals surface area contributed by atoms with Crippen LogP contribution in [0.1, 0.15) is 19.8 Å². The molecule has 1 aromatic carbocycles. The van der Waals surface area contributed by atoms with E-state index in [2.05, 4.69) is 5.32 Å². The Kier molecular flexibility index (Phi) is 2.97. The molecule has 4 nitrogen and oxygen atoms in total. The summed E-state index contributed by atoms with van der Waals surface area (Å²) in [5.74, 6) is 0.196. The van der Waals surface area contributed by atoms with Crippen molar-refractivity contribution >= 4 is 29.1 Å². The van der Waals surface area contributed by atoms with Crippen LogP contribution < -0.4 is 10.2 Å². The van der Waals surface area contributed by atoms with Gasteiger partial charge >= 0.3 is 0 Å². The van der Waals surface area contributed by atoms with Crippen molar-refractivity contribution in [3.8, 4) is 0 Å². The molecule has 5 heteroatoms. The van der Waals surface area contributed by atoms with Crippen LogP contribution in [-0.2, 0) is 9.59 Å². The highest BCUT2D eigenvalue weighted by Crippen LogP contribution is 2.36. The number of anilines is 1. The van der Waals surface area contributed by atoms with Crippen LogP contribution in [0, 0.1) is 5.92 Å². The van der Waals surface area contributed by atoms with E-state index in [1.165, 1.54) is 0 Å². The van der Waals surface area contributed by atoms with Crippen molar-refractivity contribution in [3.63, 3.8) is 0 Å². The third-order valence-electron chi connectivity index (χ3n) is 3.77. The van der Waals surface area contributed by atoms with Crippen molar-refractivity contribution in [2.75, 3.05) is 4.90 Å². The average Bonchev–Trinajstić information content (AvgIpc) is 3.21. The van der Waals surface area contributed by atoms with Gasteiger partial charge in [0.1, 0.15) is 12.1 Å². The molecule has 2 atom stereocenters. The summed E-state index contributed by atoms with van der Waals surface area (Å²) >= 11 is 5.86. The molecule has 1 aliphatic heterocycles. The van der Waals surface area contributed by atoms with Crippen LogP contribution in [0.5, 0.6) is 0 Å². The molecule has 100 valence electrons. The number of benzene rings is 1. The van der Waals surface area contributed by atoms with E-state index in [0.717, 1.165) is 18.5 Å². The number of halogens is 1. The topological polar surface area (TPSA) is 49.4 Å². The van der Waals surface area contributed by atoms with Crippen LogP contribution in [0.15, 0.2) is 24.3 Å². The third kappa shape index (κ3) is 2.21. The minimum absolute atomic E-state index is 0.0167. The van der Waals surface area contributed by atoms with Gasteiger partial charge in [-0.05, 0) is 49.9 Å². The molecule has 2 unspecified atom stereocenters. The molecule has 2 aliphatic rings. The molecule has 1 heterocycles. The van der Waals surface area contributed by atoms with Gasteiger partial charge in [0.25, 0.3) is 5.91 Å². The maximum atomic E-state index is 12.5. The van der Waals surface area contributed by atoms with Gasteiger partial charge in [0.2, 0.25) is 5.91 Å². The number of piperazine rings is 1. The summed E-state index contributed by atoms with van der Waals surface area (Å²) in [6.45, 7) is 1.74. The Morgan fingerprint density at radius 2 is 1.84 bits per heavy atom. The maximum Gasteiger partial charge on any atom is 0.250 e. The Balaban J connectivity index is 1.93. The Hall–Kier alpha value is -1.55. The van der Waals surface area contributed by atoms with Crippen LogP contribution in [0.25, 0.3) is 0 Å². The van der Waals surface area contributed by atoms with E-state index in [9.17, 15) is 9.59 Å². The highest BCUT2D eigenvalue weighted by molar-refractivity contribution is 6.30. The number of carbonyl (C=O) groups is 2. The third-order valence-corrected chi connectivity index (χ3v) is 4.02. The Morgan fingerprint density at radius 1 is 1.21 bits per heavy atom. The quantitative estimate of drug-likeness (QED) is 0.899. The standard InChI is InChI=1S/C14H15ClN2O2/c1-8-13(18)16-12(9-2-3-9)14(19)17(8)11-6-4-10(15)5-7-11/h4-9,12H,2-3H2,1H3,(H,16,18). The fourth-order valence-electron chi connectivity index (χ4n) is 2.50. The van der Waals surface area contributed by atoms with E-state index in [-0.39, 0.29) is 17.9 Å². The number of nitrogens with one attached hydrogen (secondary N) is 1. The molecule has 2 amide bonds. The van der Waals surface area contributed by atoms with Crippen molar-refractivity contribution in [3.05, 3.63) is 29.3 Å². The molecule has 1 N–H and O–H groups in total. The smallest absolute Gasteiger partial charge is 0.250 e. The maximum absolute atomic E-state index is 12.5. The predicted molar refractivity (Wildman–Crippen MR) is 73.1 cm³/mol. The van der Waals surface area contributed by atoms with Gasteiger partial charge in [0.15, 0.2) is 0 Å². The first kappa shape index (κ1) is 12.5. The zero-order valence-electron chi connectivity index (χ0n) is 10.6. The summed E-state index contributed by atoms with van der Waals surface area (Å²) in [5.41, 5.74) is 0.724.